The molecule has 0 aliphatic rings. The minimum Gasteiger partial charge on any atom is -0.325 e. The molecule has 2 nitrogen and oxygen atoms in total. The van der Waals surface area contributed by atoms with Crippen LogP contribution in [0, 0.1) is 13.8 Å². The van der Waals surface area contributed by atoms with Crippen molar-refractivity contribution in [1.29, 1.82) is 0 Å². The molecule has 0 fully saturated rings. The number of aryl methyl sites for hydroxylation is 2. The Morgan fingerprint density at radius 2 is 2.22 bits per heavy atom. The van der Waals surface area contributed by atoms with Crippen LogP contribution in [0.5, 0.6) is 0 Å². The molecule has 0 radical (unpaired) electrons. The van der Waals surface area contributed by atoms with Crippen molar-refractivity contribution in [3.8, 4) is 0 Å². The minimum atomic E-state index is 0.566. The number of thiazole rings is 1. The summed E-state index contributed by atoms with van der Waals surface area (Å²) < 4.78 is 0. The molecule has 2 N–H and O–H groups in total. The van der Waals surface area contributed by atoms with Gasteiger partial charge in [-0.2, -0.15) is 0 Å². The summed E-state index contributed by atoms with van der Waals surface area (Å²) in [6.45, 7) is 4.61. The van der Waals surface area contributed by atoms with E-state index in [2.05, 4.69) is 4.98 Å². The van der Waals surface area contributed by atoms with Crippen LogP contribution in [0.2, 0.25) is 0 Å². The largest absolute Gasteiger partial charge is 0.325 e. The molecule has 9 heavy (non-hydrogen) atoms. The summed E-state index contributed by atoms with van der Waals surface area (Å²) in [7, 11) is 0. The van der Waals surface area contributed by atoms with Crippen molar-refractivity contribution in [2.45, 2.75) is 20.4 Å². The average molecular weight is 142 g/mol. The van der Waals surface area contributed by atoms with Gasteiger partial charge in [-0.3, -0.25) is 0 Å². The van der Waals surface area contributed by atoms with Crippen LogP contribution in [0.15, 0.2) is 0 Å². The van der Waals surface area contributed by atoms with E-state index in [9.17, 15) is 0 Å². The number of hydrogen-bond donors (Lipinski definition) is 1. The van der Waals surface area contributed by atoms with Gasteiger partial charge >= 0.3 is 0 Å². The van der Waals surface area contributed by atoms with Crippen LogP contribution in [0.4, 0.5) is 0 Å². The van der Waals surface area contributed by atoms with Crippen molar-refractivity contribution >= 4 is 11.3 Å². The Morgan fingerprint density at radius 3 is 2.44 bits per heavy atom. The molecule has 0 amide bonds. The Morgan fingerprint density at radius 1 is 1.56 bits per heavy atom. The molecule has 3 heteroatoms. The zero-order chi connectivity index (χ0) is 6.85. The van der Waals surface area contributed by atoms with Gasteiger partial charge in [0.05, 0.1) is 10.7 Å². The fraction of sp³-hybridized carbons (Fsp3) is 0.500. The maximum atomic E-state index is 5.41. The van der Waals surface area contributed by atoms with Gasteiger partial charge in [0.1, 0.15) is 0 Å². The highest BCUT2D eigenvalue weighted by atomic mass is 32.1. The predicted molar refractivity (Wildman–Crippen MR) is 39.5 cm³/mol. The predicted octanol–water partition coefficient (Wildman–Crippen LogP) is 1.22. The number of rotatable bonds is 1. The lowest BCUT2D eigenvalue weighted by Crippen LogP contribution is -1.97. The summed E-state index contributed by atoms with van der Waals surface area (Å²) in [5.41, 5.74) is 6.45. The van der Waals surface area contributed by atoms with Crippen molar-refractivity contribution in [2.24, 2.45) is 5.73 Å². The third kappa shape index (κ3) is 1.28. The van der Waals surface area contributed by atoms with Gasteiger partial charge in [0.2, 0.25) is 0 Å². The molecule has 0 saturated carbocycles. The Kier molecular flexibility index (Phi) is 1.83. The van der Waals surface area contributed by atoms with Crippen LogP contribution in [0.1, 0.15) is 15.6 Å². The van der Waals surface area contributed by atoms with E-state index in [1.165, 1.54) is 4.88 Å². The molecular formula is C6H10N2S. The molecular weight excluding hydrogens is 132 g/mol. The first-order valence-corrected chi connectivity index (χ1v) is 3.68. The molecule has 0 bridgehead atoms. The van der Waals surface area contributed by atoms with Gasteiger partial charge in [0.15, 0.2) is 0 Å². The maximum absolute atomic E-state index is 5.41. The molecule has 50 valence electrons. The first-order chi connectivity index (χ1) is 4.24. The summed E-state index contributed by atoms with van der Waals surface area (Å²) in [6, 6.07) is 0. The molecule has 0 saturated heterocycles. The lowest BCUT2D eigenvalue weighted by Gasteiger charge is -1.86. The summed E-state index contributed by atoms with van der Waals surface area (Å²) in [5, 5.41) is 1.10. The van der Waals surface area contributed by atoms with E-state index in [4.69, 9.17) is 5.73 Å². The highest BCUT2D eigenvalue weighted by molar-refractivity contribution is 7.11. The summed E-state index contributed by atoms with van der Waals surface area (Å²) in [5.74, 6) is 0. The average Bonchev–Trinajstić information content (AvgIpc) is 2.10. The van der Waals surface area contributed by atoms with E-state index in [0.717, 1.165) is 10.7 Å². The van der Waals surface area contributed by atoms with E-state index in [0.29, 0.717) is 6.54 Å². The molecule has 0 spiro atoms. The highest BCUT2D eigenvalue weighted by Crippen LogP contribution is 2.14. The lowest BCUT2D eigenvalue weighted by molar-refractivity contribution is 0.985. The van der Waals surface area contributed by atoms with E-state index >= 15 is 0 Å². The van der Waals surface area contributed by atoms with Crippen LogP contribution in [0.3, 0.4) is 0 Å². The second-order valence-electron chi connectivity index (χ2n) is 1.94. The first-order valence-electron chi connectivity index (χ1n) is 2.87. The van der Waals surface area contributed by atoms with Crippen LogP contribution < -0.4 is 5.73 Å². The van der Waals surface area contributed by atoms with Crippen molar-refractivity contribution in [3.63, 3.8) is 0 Å². The van der Waals surface area contributed by atoms with E-state index in [-0.39, 0.29) is 0 Å². The Balaban J connectivity index is 3.01. The monoisotopic (exact) mass is 142 g/mol. The first kappa shape index (κ1) is 6.71. The van der Waals surface area contributed by atoms with E-state index in [1.54, 1.807) is 11.3 Å². The van der Waals surface area contributed by atoms with Crippen LogP contribution in [-0.4, -0.2) is 4.98 Å². The summed E-state index contributed by atoms with van der Waals surface area (Å²) >= 11 is 1.70. The van der Waals surface area contributed by atoms with Crippen molar-refractivity contribution in [2.75, 3.05) is 0 Å². The zero-order valence-corrected chi connectivity index (χ0v) is 6.46. The van der Waals surface area contributed by atoms with Crippen molar-refractivity contribution < 1.29 is 0 Å². The molecule has 0 aliphatic carbocycles. The fourth-order valence-electron chi connectivity index (χ4n) is 0.761. The van der Waals surface area contributed by atoms with E-state index < -0.39 is 0 Å². The molecule has 1 rings (SSSR count). The number of nitrogens with two attached hydrogens (primary N) is 1. The number of hydrogen-bond acceptors (Lipinski definition) is 3. The summed E-state index contributed by atoms with van der Waals surface area (Å²) in [4.78, 5) is 5.47. The Labute approximate surface area is 58.7 Å². The van der Waals surface area contributed by atoms with Crippen molar-refractivity contribution in [3.05, 3.63) is 15.6 Å². The normalized spacial score (nSPS) is 10.1. The van der Waals surface area contributed by atoms with Gasteiger partial charge in [-0.15, -0.1) is 11.3 Å². The molecule has 0 unspecified atom stereocenters. The smallest absolute Gasteiger partial charge is 0.0900 e. The third-order valence-electron chi connectivity index (χ3n) is 1.19. The third-order valence-corrected chi connectivity index (χ3v) is 2.12. The lowest BCUT2D eigenvalue weighted by atomic mass is 10.4. The second kappa shape index (κ2) is 2.45. The van der Waals surface area contributed by atoms with Crippen LogP contribution in [0.25, 0.3) is 0 Å². The Bertz CT molecular complexity index is 205. The molecule has 1 aromatic rings. The van der Waals surface area contributed by atoms with Crippen LogP contribution >= 0.6 is 11.3 Å². The number of aromatic nitrogens is 1. The molecule has 1 heterocycles. The quantitative estimate of drug-likeness (QED) is 0.640. The van der Waals surface area contributed by atoms with Gasteiger partial charge in [0.25, 0.3) is 0 Å². The highest BCUT2D eigenvalue weighted by Gasteiger charge is 1.99. The van der Waals surface area contributed by atoms with Crippen molar-refractivity contribution in [1.82, 2.24) is 4.98 Å². The Hall–Kier alpha value is -0.410. The van der Waals surface area contributed by atoms with Gasteiger partial charge in [-0.25, -0.2) is 4.98 Å². The van der Waals surface area contributed by atoms with Gasteiger partial charge in [0, 0.05) is 11.4 Å². The van der Waals surface area contributed by atoms with Crippen LogP contribution in [-0.2, 0) is 6.54 Å². The number of nitrogens with zero attached hydrogens (tertiary/aromatic N) is 1. The van der Waals surface area contributed by atoms with E-state index in [1.807, 2.05) is 13.8 Å². The minimum absolute atomic E-state index is 0.566. The molecule has 0 aliphatic heterocycles. The molecule has 0 atom stereocenters. The van der Waals surface area contributed by atoms with Gasteiger partial charge in [-0.05, 0) is 13.8 Å². The molecule has 0 aromatic carbocycles. The SMILES string of the molecule is Cc1nc(CN)c(C)s1. The van der Waals surface area contributed by atoms with Gasteiger partial charge in [-0.1, -0.05) is 0 Å². The second-order valence-corrected chi connectivity index (χ2v) is 3.35. The maximum Gasteiger partial charge on any atom is 0.0900 e. The van der Waals surface area contributed by atoms with Gasteiger partial charge < -0.3 is 5.73 Å². The standard InChI is InChI=1S/C6H10N2S/c1-4-6(3-7)8-5(2)9-4/h3,7H2,1-2H3. The molecule has 1 aromatic heterocycles. The topological polar surface area (TPSA) is 38.9 Å². The zero-order valence-electron chi connectivity index (χ0n) is 5.64. The summed E-state index contributed by atoms with van der Waals surface area (Å²) in [6.07, 6.45) is 0. The fourth-order valence-corrected chi connectivity index (χ4v) is 1.61.